The molecule has 1 heterocycles. The fourth-order valence-corrected chi connectivity index (χ4v) is 3.78. The second-order valence-electron chi connectivity index (χ2n) is 6.14. The Balaban J connectivity index is 1.61. The van der Waals surface area contributed by atoms with E-state index in [0.717, 1.165) is 30.7 Å². The Labute approximate surface area is 120 Å². The molecule has 1 aliphatic carbocycles. The molecule has 2 aliphatic rings. The van der Waals surface area contributed by atoms with Gasteiger partial charge in [0.05, 0.1) is 0 Å². The zero-order chi connectivity index (χ0) is 13.9. The molecule has 0 saturated heterocycles. The number of nitrogens with one attached hydrogen (secondary N) is 1. The summed E-state index contributed by atoms with van der Waals surface area (Å²) in [6, 6.07) is 5.52. The number of benzene rings is 1. The van der Waals surface area contributed by atoms with Crippen molar-refractivity contribution in [3.05, 3.63) is 29.6 Å². The van der Waals surface area contributed by atoms with E-state index in [4.69, 9.17) is 4.74 Å². The van der Waals surface area contributed by atoms with Crippen LogP contribution in [0.25, 0.3) is 0 Å². The summed E-state index contributed by atoms with van der Waals surface area (Å²) in [7, 11) is 0. The highest BCUT2D eigenvalue weighted by molar-refractivity contribution is 5.37. The summed E-state index contributed by atoms with van der Waals surface area (Å²) < 4.78 is 19.2. The first kappa shape index (κ1) is 13.9. The molecule has 1 fully saturated rings. The monoisotopic (exact) mass is 277 g/mol. The highest BCUT2D eigenvalue weighted by Crippen LogP contribution is 2.35. The van der Waals surface area contributed by atoms with E-state index in [0.29, 0.717) is 12.0 Å². The molecular weight excluding hydrogens is 253 g/mol. The third kappa shape index (κ3) is 2.98. The van der Waals surface area contributed by atoms with Gasteiger partial charge in [-0.15, -0.1) is 0 Å². The van der Waals surface area contributed by atoms with E-state index in [2.05, 4.69) is 12.2 Å². The molecule has 0 aromatic heterocycles. The lowest BCUT2D eigenvalue weighted by Crippen LogP contribution is -2.40. The molecule has 1 saturated carbocycles. The predicted molar refractivity (Wildman–Crippen MR) is 78.6 cm³/mol. The minimum Gasteiger partial charge on any atom is -0.490 e. The summed E-state index contributed by atoms with van der Waals surface area (Å²) >= 11 is 0. The van der Waals surface area contributed by atoms with Crippen LogP contribution in [0.15, 0.2) is 18.2 Å². The smallest absolute Gasteiger partial charge is 0.123 e. The van der Waals surface area contributed by atoms with Gasteiger partial charge >= 0.3 is 0 Å². The maximum atomic E-state index is 13.2. The van der Waals surface area contributed by atoms with Crippen LogP contribution < -0.4 is 10.1 Å². The van der Waals surface area contributed by atoms with E-state index in [9.17, 15) is 4.39 Å². The first-order valence-corrected chi connectivity index (χ1v) is 7.94. The predicted octanol–water partition coefficient (Wildman–Crippen LogP) is 3.69. The van der Waals surface area contributed by atoms with E-state index in [1.165, 1.54) is 31.7 Å². The standard InChI is InChI=1S/C17H24FNO/c1-2-19-16-6-4-3-5-12(16)10-15-11-13-9-14(18)7-8-17(13)20-15/h7-9,12,15-16,19H,2-6,10-11H2,1H3. The summed E-state index contributed by atoms with van der Waals surface area (Å²) in [5, 5.41) is 3.62. The lowest BCUT2D eigenvalue weighted by molar-refractivity contribution is 0.153. The van der Waals surface area contributed by atoms with Crippen LogP contribution in [0.3, 0.4) is 0 Å². The van der Waals surface area contributed by atoms with Crippen LogP contribution in [-0.4, -0.2) is 18.7 Å². The number of hydrogen-bond acceptors (Lipinski definition) is 2. The Morgan fingerprint density at radius 3 is 3.00 bits per heavy atom. The third-order valence-electron chi connectivity index (χ3n) is 4.70. The van der Waals surface area contributed by atoms with E-state index in [1.807, 2.05) is 0 Å². The highest BCUT2D eigenvalue weighted by atomic mass is 19.1. The molecule has 2 nitrogen and oxygen atoms in total. The molecule has 3 atom stereocenters. The molecule has 1 aromatic rings. The van der Waals surface area contributed by atoms with Crippen molar-refractivity contribution >= 4 is 0 Å². The van der Waals surface area contributed by atoms with Crippen LogP contribution in [0, 0.1) is 11.7 Å². The van der Waals surface area contributed by atoms with Crippen molar-refractivity contribution in [3.63, 3.8) is 0 Å². The van der Waals surface area contributed by atoms with Crippen molar-refractivity contribution in [2.75, 3.05) is 6.54 Å². The fourth-order valence-electron chi connectivity index (χ4n) is 3.78. The fraction of sp³-hybridized carbons (Fsp3) is 0.647. The van der Waals surface area contributed by atoms with Gasteiger partial charge < -0.3 is 10.1 Å². The number of fused-ring (bicyclic) bond motifs is 1. The first-order chi connectivity index (χ1) is 9.76. The summed E-state index contributed by atoms with van der Waals surface area (Å²) in [5.41, 5.74) is 1.03. The Bertz CT molecular complexity index is 460. The Morgan fingerprint density at radius 2 is 2.15 bits per heavy atom. The minimum atomic E-state index is -0.156. The van der Waals surface area contributed by atoms with E-state index >= 15 is 0 Å². The molecular formula is C17H24FNO. The van der Waals surface area contributed by atoms with Crippen molar-refractivity contribution < 1.29 is 9.13 Å². The second kappa shape index (κ2) is 6.13. The molecule has 3 heteroatoms. The molecule has 110 valence electrons. The molecule has 0 radical (unpaired) electrons. The van der Waals surface area contributed by atoms with Crippen LogP contribution in [0.5, 0.6) is 5.75 Å². The van der Waals surface area contributed by atoms with Gasteiger partial charge in [0, 0.05) is 18.0 Å². The quantitative estimate of drug-likeness (QED) is 0.906. The number of rotatable bonds is 4. The molecule has 0 bridgehead atoms. The zero-order valence-electron chi connectivity index (χ0n) is 12.2. The van der Waals surface area contributed by atoms with Crippen molar-refractivity contribution in [2.24, 2.45) is 5.92 Å². The van der Waals surface area contributed by atoms with Gasteiger partial charge in [-0.3, -0.25) is 0 Å². The van der Waals surface area contributed by atoms with Gasteiger partial charge in [0.2, 0.25) is 0 Å². The van der Waals surface area contributed by atoms with Crippen LogP contribution in [-0.2, 0) is 6.42 Å². The maximum Gasteiger partial charge on any atom is 0.123 e. The van der Waals surface area contributed by atoms with Gasteiger partial charge in [-0.25, -0.2) is 4.39 Å². The first-order valence-electron chi connectivity index (χ1n) is 7.94. The Kier molecular flexibility index (Phi) is 4.25. The lowest BCUT2D eigenvalue weighted by atomic mass is 9.80. The topological polar surface area (TPSA) is 21.3 Å². The number of ether oxygens (including phenoxy) is 1. The van der Waals surface area contributed by atoms with Crippen LogP contribution >= 0.6 is 0 Å². The van der Waals surface area contributed by atoms with Crippen molar-refractivity contribution in [2.45, 2.75) is 57.6 Å². The number of hydrogen-bond donors (Lipinski definition) is 1. The molecule has 3 unspecified atom stereocenters. The molecule has 3 rings (SSSR count). The summed E-state index contributed by atoms with van der Waals surface area (Å²) in [6.07, 6.45) is 7.44. The summed E-state index contributed by atoms with van der Waals surface area (Å²) in [4.78, 5) is 0. The van der Waals surface area contributed by atoms with Gasteiger partial charge in [-0.2, -0.15) is 0 Å². The molecule has 1 aromatic carbocycles. The van der Waals surface area contributed by atoms with Crippen molar-refractivity contribution in [1.29, 1.82) is 0 Å². The second-order valence-corrected chi connectivity index (χ2v) is 6.14. The van der Waals surface area contributed by atoms with Crippen LogP contribution in [0.4, 0.5) is 4.39 Å². The van der Waals surface area contributed by atoms with Gasteiger partial charge in [-0.1, -0.05) is 19.8 Å². The maximum absolute atomic E-state index is 13.2. The largest absolute Gasteiger partial charge is 0.490 e. The number of halogens is 1. The van der Waals surface area contributed by atoms with Gasteiger partial charge in [0.15, 0.2) is 0 Å². The lowest BCUT2D eigenvalue weighted by Gasteiger charge is -2.33. The third-order valence-corrected chi connectivity index (χ3v) is 4.70. The minimum absolute atomic E-state index is 0.156. The molecule has 0 spiro atoms. The average molecular weight is 277 g/mol. The van der Waals surface area contributed by atoms with E-state index in [-0.39, 0.29) is 11.9 Å². The van der Waals surface area contributed by atoms with Crippen molar-refractivity contribution in [1.82, 2.24) is 5.32 Å². The van der Waals surface area contributed by atoms with Crippen LogP contribution in [0.1, 0.15) is 44.6 Å². The summed E-state index contributed by atoms with van der Waals surface area (Å²) in [6.45, 7) is 3.22. The Morgan fingerprint density at radius 1 is 1.30 bits per heavy atom. The van der Waals surface area contributed by atoms with Crippen LogP contribution in [0.2, 0.25) is 0 Å². The highest BCUT2D eigenvalue weighted by Gasteiger charge is 2.31. The molecule has 20 heavy (non-hydrogen) atoms. The zero-order valence-corrected chi connectivity index (χ0v) is 12.2. The molecule has 1 aliphatic heterocycles. The average Bonchev–Trinajstić information content (AvgIpc) is 2.82. The summed E-state index contributed by atoms with van der Waals surface area (Å²) in [5.74, 6) is 1.43. The Hall–Kier alpha value is -1.09. The van der Waals surface area contributed by atoms with Gasteiger partial charge in [0.1, 0.15) is 17.7 Å². The molecule has 0 amide bonds. The molecule has 1 N–H and O–H groups in total. The van der Waals surface area contributed by atoms with E-state index < -0.39 is 0 Å². The SMILES string of the molecule is CCNC1CCCCC1CC1Cc2cc(F)ccc2O1. The van der Waals surface area contributed by atoms with Gasteiger partial charge in [-0.05, 0) is 49.9 Å². The normalized spacial score (nSPS) is 29.0. The van der Waals surface area contributed by atoms with Crippen molar-refractivity contribution in [3.8, 4) is 5.75 Å². The van der Waals surface area contributed by atoms with Gasteiger partial charge in [0.25, 0.3) is 0 Å². The van der Waals surface area contributed by atoms with E-state index in [1.54, 1.807) is 12.1 Å².